The van der Waals surface area contributed by atoms with Gasteiger partial charge >= 0.3 is 0 Å². The van der Waals surface area contributed by atoms with Crippen LogP contribution < -0.4 is 5.73 Å². The van der Waals surface area contributed by atoms with Crippen molar-refractivity contribution in [3.05, 3.63) is 10.8 Å². The summed E-state index contributed by atoms with van der Waals surface area (Å²) in [5.41, 5.74) is 6.06. The lowest BCUT2D eigenvalue weighted by atomic mass is 9.69. The van der Waals surface area contributed by atoms with Crippen molar-refractivity contribution in [3.8, 4) is 0 Å². The third-order valence-electron chi connectivity index (χ3n) is 4.46. The smallest absolute Gasteiger partial charge is 0.234 e. The molecule has 2 fully saturated rings. The van der Waals surface area contributed by atoms with Gasteiger partial charge in [0.1, 0.15) is 5.01 Å². The predicted octanol–water partition coefficient (Wildman–Crippen LogP) is 1.07. The fourth-order valence-corrected chi connectivity index (χ4v) is 4.05. The van der Waals surface area contributed by atoms with Gasteiger partial charge in [-0.1, -0.05) is 17.8 Å². The summed E-state index contributed by atoms with van der Waals surface area (Å²) < 4.78 is 7.34. The quantitative estimate of drug-likeness (QED) is 0.909. The minimum absolute atomic E-state index is 0.106. The zero-order valence-electron chi connectivity index (χ0n) is 10.7. The van der Waals surface area contributed by atoms with E-state index in [9.17, 15) is 0 Å². The molecular formula is C12H17N5OS. The highest BCUT2D eigenvalue weighted by molar-refractivity contribution is 7.16. The summed E-state index contributed by atoms with van der Waals surface area (Å²) in [5, 5.41) is 14.4. The third kappa shape index (κ3) is 1.65. The predicted molar refractivity (Wildman–Crippen MR) is 71.4 cm³/mol. The van der Waals surface area contributed by atoms with Crippen LogP contribution in [-0.2, 0) is 10.2 Å². The van der Waals surface area contributed by atoms with Crippen LogP contribution in [0.4, 0.5) is 0 Å². The first-order valence-electron chi connectivity index (χ1n) is 6.83. The van der Waals surface area contributed by atoms with E-state index in [2.05, 4.69) is 10.2 Å². The number of fused-ring (bicyclic) bond motifs is 1. The molecule has 102 valence electrons. The maximum Gasteiger partial charge on any atom is 0.234 e. The van der Waals surface area contributed by atoms with E-state index in [1.54, 1.807) is 11.3 Å². The topological polar surface area (TPSA) is 78.3 Å². The van der Waals surface area contributed by atoms with Gasteiger partial charge in [0, 0.05) is 24.5 Å². The van der Waals surface area contributed by atoms with Crippen molar-refractivity contribution in [2.75, 3.05) is 19.8 Å². The van der Waals surface area contributed by atoms with E-state index in [0.717, 1.165) is 48.3 Å². The molecular weight excluding hydrogens is 262 g/mol. The van der Waals surface area contributed by atoms with Crippen molar-refractivity contribution in [3.63, 3.8) is 0 Å². The van der Waals surface area contributed by atoms with Gasteiger partial charge in [-0.25, -0.2) is 0 Å². The van der Waals surface area contributed by atoms with E-state index < -0.39 is 0 Å². The molecule has 4 rings (SSSR count). The van der Waals surface area contributed by atoms with Crippen LogP contribution in [-0.4, -0.2) is 39.6 Å². The second kappa shape index (κ2) is 4.22. The van der Waals surface area contributed by atoms with Crippen LogP contribution >= 0.6 is 11.3 Å². The lowest BCUT2D eigenvalue weighted by Gasteiger charge is -2.38. The second-order valence-electron chi connectivity index (χ2n) is 5.56. The van der Waals surface area contributed by atoms with E-state index in [4.69, 9.17) is 15.6 Å². The molecule has 0 aromatic carbocycles. The Balaban J connectivity index is 1.75. The molecule has 1 aliphatic heterocycles. The van der Waals surface area contributed by atoms with E-state index >= 15 is 0 Å². The molecule has 0 amide bonds. The van der Waals surface area contributed by atoms with E-state index in [-0.39, 0.29) is 5.41 Å². The van der Waals surface area contributed by atoms with Gasteiger partial charge in [0.05, 0.1) is 6.61 Å². The highest BCUT2D eigenvalue weighted by Crippen LogP contribution is 2.44. The van der Waals surface area contributed by atoms with Gasteiger partial charge in [-0.15, -0.1) is 10.2 Å². The third-order valence-corrected chi connectivity index (χ3v) is 5.61. The van der Waals surface area contributed by atoms with Crippen molar-refractivity contribution in [2.24, 2.45) is 5.73 Å². The van der Waals surface area contributed by atoms with Crippen LogP contribution in [0.15, 0.2) is 0 Å². The molecule has 2 N–H and O–H groups in total. The number of ether oxygens (including phenoxy) is 1. The molecule has 2 aromatic heterocycles. The highest BCUT2D eigenvalue weighted by atomic mass is 32.1. The van der Waals surface area contributed by atoms with Crippen LogP contribution in [0.5, 0.6) is 0 Å². The van der Waals surface area contributed by atoms with Gasteiger partial charge in [0.2, 0.25) is 4.96 Å². The molecule has 0 spiro atoms. The molecule has 1 saturated carbocycles. The lowest BCUT2D eigenvalue weighted by molar-refractivity contribution is 0.193. The molecule has 2 aliphatic rings. The minimum atomic E-state index is 0.106. The summed E-state index contributed by atoms with van der Waals surface area (Å²) in [4.78, 5) is 0.886. The zero-order chi connectivity index (χ0) is 12.9. The van der Waals surface area contributed by atoms with Gasteiger partial charge in [-0.2, -0.15) is 9.61 Å². The van der Waals surface area contributed by atoms with Gasteiger partial charge in [0.25, 0.3) is 0 Å². The van der Waals surface area contributed by atoms with Crippen LogP contribution in [0.25, 0.3) is 4.96 Å². The minimum Gasteiger partial charge on any atom is -0.381 e. The molecule has 3 heterocycles. The molecule has 1 unspecified atom stereocenters. The Kier molecular flexibility index (Phi) is 2.61. The Morgan fingerprint density at radius 3 is 2.95 bits per heavy atom. The summed E-state index contributed by atoms with van der Waals surface area (Å²) in [5.74, 6) is 1.28. The second-order valence-corrected chi connectivity index (χ2v) is 6.51. The monoisotopic (exact) mass is 279 g/mol. The zero-order valence-corrected chi connectivity index (χ0v) is 11.5. The van der Waals surface area contributed by atoms with Crippen molar-refractivity contribution >= 4 is 16.3 Å². The van der Waals surface area contributed by atoms with Crippen molar-refractivity contribution in [1.29, 1.82) is 0 Å². The molecule has 1 atom stereocenters. The SMILES string of the molecule is NCC1(c2nn3c(C4CCOC4)nnc3s2)CCC1. The lowest BCUT2D eigenvalue weighted by Crippen LogP contribution is -2.41. The Labute approximate surface area is 115 Å². The van der Waals surface area contributed by atoms with Gasteiger partial charge in [-0.3, -0.25) is 0 Å². The Bertz CT molecular complexity index is 591. The van der Waals surface area contributed by atoms with Crippen LogP contribution in [0.1, 0.15) is 42.4 Å². The van der Waals surface area contributed by atoms with E-state index in [0.29, 0.717) is 12.5 Å². The molecule has 7 heteroatoms. The fourth-order valence-electron chi connectivity index (χ4n) is 2.95. The van der Waals surface area contributed by atoms with E-state index in [1.807, 2.05) is 4.52 Å². The summed E-state index contributed by atoms with van der Waals surface area (Å²) in [6, 6.07) is 0. The molecule has 1 saturated heterocycles. The van der Waals surface area contributed by atoms with Crippen LogP contribution in [0, 0.1) is 0 Å². The number of nitrogens with two attached hydrogens (primary N) is 1. The summed E-state index contributed by atoms with van der Waals surface area (Å²) >= 11 is 1.64. The first kappa shape index (κ1) is 11.7. The summed E-state index contributed by atoms with van der Waals surface area (Å²) in [6.07, 6.45) is 4.56. The normalized spacial score (nSPS) is 25.8. The number of aromatic nitrogens is 4. The number of rotatable bonds is 3. The Morgan fingerprint density at radius 1 is 1.42 bits per heavy atom. The number of nitrogens with zero attached hydrogens (tertiary/aromatic N) is 4. The molecule has 0 bridgehead atoms. The summed E-state index contributed by atoms with van der Waals surface area (Å²) in [7, 11) is 0. The Hall–Kier alpha value is -1.05. The fraction of sp³-hybridized carbons (Fsp3) is 0.750. The molecule has 19 heavy (non-hydrogen) atoms. The van der Waals surface area contributed by atoms with Gasteiger partial charge in [0.15, 0.2) is 5.82 Å². The molecule has 0 radical (unpaired) electrons. The number of hydrogen-bond acceptors (Lipinski definition) is 6. The van der Waals surface area contributed by atoms with Crippen molar-refractivity contribution in [2.45, 2.75) is 37.0 Å². The average molecular weight is 279 g/mol. The van der Waals surface area contributed by atoms with E-state index in [1.165, 1.54) is 6.42 Å². The van der Waals surface area contributed by atoms with Crippen molar-refractivity contribution < 1.29 is 4.74 Å². The maximum absolute atomic E-state index is 5.95. The van der Waals surface area contributed by atoms with Gasteiger partial charge < -0.3 is 10.5 Å². The van der Waals surface area contributed by atoms with Crippen LogP contribution in [0.3, 0.4) is 0 Å². The van der Waals surface area contributed by atoms with Crippen LogP contribution in [0.2, 0.25) is 0 Å². The summed E-state index contributed by atoms with van der Waals surface area (Å²) in [6.45, 7) is 2.22. The molecule has 1 aliphatic carbocycles. The molecule has 6 nitrogen and oxygen atoms in total. The first-order chi connectivity index (χ1) is 9.32. The Morgan fingerprint density at radius 2 is 2.32 bits per heavy atom. The van der Waals surface area contributed by atoms with Crippen molar-refractivity contribution in [1.82, 2.24) is 19.8 Å². The molecule has 2 aromatic rings. The van der Waals surface area contributed by atoms with Gasteiger partial charge in [-0.05, 0) is 19.3 Å². The number of hydrogen-bond donors (Lipinski definition) is 1. The average Bonchev–Trinajstić information content (AvgIpc) is 3.02. The first-order valence-corrected chi connectivity index (χ1v) is 7.64. The maximum atomic E-state index is 5.95. The standard InChI is InChI=1S/C12H17N5OS/c13-7-12(3-1-4-12)10-16-17-9(8-2-5-18-6-8)14-15-11(17)19-10/h8H,1-7,13H2. The highest BCUT2D eigenvalue weighted by Gasteiger charge is 2.41. The largest absolute Gasteiger partial charge is 0.381 e.